The molecule has 31 heavy (non-hydrogen) atoms. The van der Waals surface area contributed by atoms with Crippen LogP contribution in [0.2, 0.25) is 0 Å². The average molecular weight is 441 g/mol. The maximum absolute atomic E-state index is 14.1. The van der Waals surface area contributed by atoms with Gasteiger partial charge in [0.15, 0.2) is 5.82 Å². The van der Waals surface area contributed by atoms with Crippen molar-refractivity contribution in [3.63, 3.8) is 0 Å². The Morgan fingerprint density at radius 1 is 1.19 bits per heavy atom. The van der Waals surface area contributed by atoms with E-state index < -0.39 is 23.0 Å². The first-order chi connectivity index (χ1) is 15.0. The molecule has 2 aromatic carbocycles. The fraction of sp³-hybridized carbons (Fsp3) is 0.261. The monoisotopic (exact) mass is 440 g/mol. The maximum Gasteiger partial charge on any atom is 0.215 e. The highest BCUT2D eigenvalue weighted by atomic mass is 32.2. The molecule has 0 radical (unpaired) electrons. The Kier molecular flexibility index (Phi) is 5.29. The van der Waals surface area contributed by atoms with E-state index in [9.17, 15) is 13.3 Å². The number of nitrogens with zero attached hydrogens (tertiary/aromatic N) is 3. The van der Waals surface area contributed by atoms with Crippen LogP contribution in [0.15, 0.2) is 66.0 Å². The molecule has 0 spiro atoms. The second-order valence-electron chi connectivity index (χ2n) is 8.08. The third-order valence-electron chi connectivity index (χ3n) is 5.98. The van der Waals surface area contributed by atoms with Gasteiger partial charge >= 0.3 is 0 Å². The summed E-state index contributed by atoms with van der Waals surface area (Å²) in [7, 11) is 0. The number of H-pyrrole nitrogens is 1. The Balaban J connectivity index is 1.33. The number of nitrogens with one attached hydrogen (secondary N) is 1. The van der Waals surface area contributed by atoms with Crippen molar-refractivity contribution in [2.45, 2.75) is 30.8 Å². The molecule has 160 valence electrons. The summed E-state index contributed by atoms with van der Waals surface area (Å²) in [5, 5.41) is 7.99. The van der Waals surface area contributed by atoms with Gasteiger partial charge in [0.25, 0.3) is 0 Å². The van der Waals surface area contributed by atoms with Gasteiger partial charge in [0.05, 0.1) is 23.6 Å². The molecule has 8 heteroatoms. The molecule has 0 aliphatic carbocycles. The lowest BCUT2D eigenvalue weighted by Crippen LogP contribution is -2.35. The molecule has 1 saturated heterocycles. The van der Waals surface area contributed by atoms with Crippen molar-refractivity contribution in [2.24, 2.45) is 5.92 Å². The SMILES string of the molecule is C[C@H]1C[C@H](Cn2ccc3cc(-c4cn[nH]c4)ccc32)CN1[S@@+]([O-])c1cccc(F)c1F. The maximum atomic E-state index is 14.1. The normalized spacial score (nSPS) is 20.5. The van der Waals surface area contributed by atoms with Crippen LogP contribution in [0.5, 0.6) is 0 Å². The second-order valence-corrected chi connectivity index (χ2v) is 9.49. The van der Waals surface area contributed by atoms with Gasteiger partial charge in [-0.05, 0) is 55.2 Å². The number of aromatic nitrogens is 3. The van der Waals surface area contributed by atoms with Crippen LogP contribution in [0.4, 0.5) is 8.78 Å². The van der Waals surface area contributed by atoms with E-state index in [1.165, 1.54) is 12.1 Å². The molecule has 0 unspecified atom stereocenters. The Bertz CT molecular complexity index is 1210. The molecule has 1 N–H and O–H groups in total. The molecule has 1 fully saturated rings. The highest BCUT2D eigenvalue weighted by Gasteiger charge is 2.39. The number of hydrogen-bond acceptors (Lipinski definition) is 3. The predicted molar refractivity (Wildman–Crippen MR) is 117 cm³/mol. The number of benzene rings is 2. The van der Waals surface area contributed by atoms with Crippen molar-refractivity contribution in [3.05, 3.63) is 72.7 Å². The van der Waals surface area contributed by atoms with Crippen LogP contribution in [0.3, 0.4) is 0 Å². The summed E-state index contributed by atoms with van der Waals surface area (Å²) < 4.78 is 44.7. The van der Waals surface area contributed by atoms with Crippen molar-refractivity contribution in [3.8, 4) is 11.1 Å². The van der Waals surface area contributed by atoms with Gasteiger partial charge in [0, 0.05) is 41.9 Å². The average Bonchev–Trinajstić information content (AvgIpc) is 3.50. The van der Waals surface area contributed by atoms with E-state index in [0.29, 0.717) is 6.54 Å². The zero-order valence-electron chi connectivity index (χ0n) is 17.0. The predicted octanol–water partition coefficient (Wildman–Crippen LogP) is 4.74. The quantitative estimate of drug-likeness (QED) is 0.456. The first kappa shape index (κ1) is 20.2. The number of rotatable bonds is 5. The fourth-order valence-corrected chi connectivity index (χ4v) is 5.90. The Labute approximate surface area is 182 Å². The Hall–Kier alpha value is -2.68. The number of hydrogen-bond donors (Lipinski definition) is 1. The van der Waals surface area contributed by atoms with Crippen molar-refractivity contribution in [1.82, 2.24) is 19.1 Å². The standard InChI is InChI=1S/C23H22F2N4OS/c1-15-9-16(14-29(15)31(30)22-4-2-3-20(24)23(22)25)13-28-8-7-18-10-17(5-6-21(18)28)19-11-26-27-12-19/h2-8,10-12,15-16H,9,13-14H2,1H3,(H,26,27)/t15-,16+,31-/m0/s1. The number of fused-ring (bicyclic) bond motifs is 1. The van der Waals surface area contributed by atoms with E-state index in [1.54, 1.807) is 10.5 Å². The van der Waals surface area contributed by atoms with Crippen LogP contribution in [0.25, 0.3) is 22.0 Å². The topological polar surface area (TPSA) is 59.9 Å². The molecule has 5 nitrogen and oxygen atoms in total. The molecule has 4 aromatic rings. The lowest BCUT2D eigenvalue weighted by molar-refractivity contribution is 0.393. The third-order valence-corrected chi connectivity index (χ3v) is 7.61. The third kappa shape index (κ3) is 3.75. The van der Waals surface area contributed by atoms with E-state index in [0.717, 1.165) is 41.1 Å². The van der Waals surface area contributed by atoms with E-state index in [-0.39, 0.29) is 16.9 Å². The molecule has 0 amide bonds. The molecule has 0 bridgehead atoms. The zero-order chi connectivity index (χ0) is 21.5. The highest BCUT2D eigenvalue weighted by Crippen LogP contribution is 2.33. The Morgan fingerprint density at radius 2 is 2.06 bits per heavy atom. The molecule has 1 aliphatic heterocycles. The number of halogens is 2. The summed E-state index contributed by atoms with van der Waals surface area (Å²) in [6, 6.07) is 12.3. The van der Waals surface area contributed by atoms with Crippen LogP contribution in [0.1, 0.15) is 13.3 Å². The first-order valence-corrected chi connectivity index (χ1v) is 11.3. The summed E-state index contributed by atoms with van der Waals surface area (Å²) in [5.41, 5.74) is 3.28. The zero-order valence-corrected chi connectivity index (χ0v) is 17.8. The second kappa shape index (κ2) is 8.11. The molecule has 3 atom stereocenters. The van der Waals surface area contributed by atoms with Crippen molar-refractivity contribution < 1.29 is 13.3 Å². The van der Waals surface area contributed by atoms with Gasteiger partial charge in [0.2, 0.25) is 10.7 Å². The van der Waals surface area contributed by atoms with Crippen molar-refractivity contribution >= 4 is 22.3 Å². The van der Waals surface area contributed by atoms with Crippen molar-refractivity contribution in [1.29, 1.82) is 0 Å². The molecular formula is C23H22F2N4OS. The molecule has 1 aliphatic rings. The van der Waals surface area contributed by atoms with Crippen LogP contribution in [0, 0.1) is 17.6 Å². The molecule has 5 rings (SSSR count). The smallest absolute Gasteiger partial charge is 0.215 e. The fourth-order valence-electron chi connectivity index (χ4n) is 4.44. The lowest BCUT2D eigenvalue weighted by atomic mass is 10.1. The molecular weight excluding hydrogens is 418 g/mol. The minimum Gasteiger partial charge on any atom is -0.593 e. The number of aromatic amines is 1. The van der Waals surface area contributed by atoms with Gasteiger partial charge in [-0.3, -0.25) is 5.10 Å². The van der Waals surface area contributed by atoms with E-state index >= 15 is 0 Å². The van der Waals surface area contributed by atoms with Crippen LogP contribution in [-0.2, 0) is 17.9 Å². The van der Waals surface area contributed by atoms with Crippen LogP contribution in [-0.4, -0.2) is 36.2 Å². The van der Waals surface area contributed by atoms with Crippen LogP contribution >= 0.6 is 0 Å². The highest BCUT2D eigenvalue weighted by molar-refractivity contribution is 7.89. The Morgan fingerprint density at radius 3 is 2.87 bits per heavy atom. The van der Waals surface area contributed by atoms with Crippen LogP contribution < -0.4 is 0 Å². The van der Waals surface area contributed by atoms with Crippen molar-refractivity contribution in [2.75, 3.05) is 6.54 Å². The molecule has 2 aromatic heterocycles. The lowest BCUT2D eigenvalue weighted by Gasteiger charge is -2.23. The minimum absolute atomic E-state index is 0.0167. The first-order valence-electron chi connectivity index (χ1n) is 10.2. The molecule has 0 saturated carbocycles. The van der Waals surface area contributed by atoms with E-state index in [4.69, 9.17) is 0 Å². The summed E-state index contributed by atoms with van der Waals surface area (Å²) in [4.78, 5) is -0.0920. The molecule has 3 heterocycles. The van der Waals surface area contributed by atoms with Gasteiger partial charge in [-0.25, -0.2) is 4.39 Å². The van der Waals surface area contributed by atoms with Gasteiger partial charge in [-0.15, -0.1) is 4.31 Å². The van der Waals surface area contributed by atoms with Gasteiger partial charge < -0.3 is 9.12 Å². The summed E-state index contributed by atoms with van der Waals surface area (Å²) in [6.07, 6.45) is 6.58. The van der Waals surface area contributed by atoms with Gasteiger partial charge in [0.1, 0.15) is 0 Å². The summed E-state index contributed by atoms with van der Waals surface area (Å²) in [6.45, 7) is 3.33. The summed E-state index contributed by atoms with van der Waals surface area (Å²) >= 11 is -1.73. The largest absolute Gasteiger partial charge is 0.593 e. The van der Waals surface area contributed by atoms with Gasteiger partial charge in [-0.2, -0.15) is 9.49 Å². The van der Waals surface area contributed by atoms with E-state index in [1.807, 2.05) is 13.1 Å². The summed E-state index contributed by atoms with van der Waals surface area (Å²) in [5.74, 6) is -1.73. The minimum atomic E-state index is -1.73. The van der Waals surface area contributed by atoms with E-state index in [2.05, 4.69) is 45.2 Å². The van der Waals surface area contributed by atoms with Gasteiger partial charge in [-0.1, -0.05) is 12.1 Å².